The second-order valence-electron chi connectivity index (χ2n) is 5.33. The van der Waals surface area contributed by atoms with Gasteiger partial charge in [0.05, 0.1) is 12.8 Å². The highest BCUT2D eigenvalue weighted by Crippen LogP contribution is 2.25. The molecule has 1 aromatic rings. The Bertz CT molecular complexity index is 595. The molecule has 0 spiro atoms. The summed E-state index contributed by atoms with van der Waals surface area (Å²) in [5.41, 5.74) is 1.99. The number of rotatable bonds is 5. The fourth-order valence-electron chi connectivity index (χ4n) is 2.32. The van der Waals surface area contributed by atoms with Gasteiger partial charge in [-0.1, -0.05) is 6.07 Å². The van der Waals surface area contributed by atoms with E-state index in [2.05, 4.69) is 5.32 Å². The zero-order valence-corrected chi connectivity index (χ0v) is 12.0. The highest BCUT2D eigenvalue weighted by atomic mass is 16.4. The monoisotopic (exact) mass is 290 g/mol. The zero-order chi connectivity index (χ0) is 15.6. The number of benzene rings is 1. The maximum Gasteiger partial charge on any atom is 0.305 e. The van der Waals surface area contributed by atoms with Crippen LogP contribution in [-0.4, -0.2) is 40.4 Å². The lowest BCUT2D eigenvalue weighted by atomic mass is 10.1. The summed E-state index contributed by atoms with van der Waals surface area (Å²) in [6, 6.07) is 4.99. The number of nitrogens with one attached hydrogen (secondary N) is 1. The SMILES string of the molecule is CC(C)N(CCC(=O)O)C(=O)c1ccc2c(c1)NC(=O)C2. The van der Waals surface area contributed by atoms with E-state index < -0.39 is 5.97 Å². The predicted molar refractivity (Wildman–Crippen MR) is 77.2 cm³/mol. The molecule has 0 saturated carbocycles. The molecule has 0 fully saturated rings. The molecule has 1 aliphatic rings. The molecule has 2 N–H and O–H groups in total. The van der Waals surface area contributed by atoms with E-state index in [1.165, 1.54) is 4.90 Å². The first kappa shape index (κ1) is 15.0. The molecule has 0 aromatic heterocycles. The van der Waals surface area contributed by atoms with Crippen LogP contribution in [0.2, 0.25) is 0 Å². The van der Waals surface area contributed by atoms with Crippen LogP contribution in [0.25, 0.3) is 0 Å². The van der Waals surface area contributed by atoms with Gasteiger partial charge in [-0.05, 0) is 31.5 Å². The molecule has 1 heterocycles. The second-order valence-corrected chi connectivity index (χ2v) is 5.33. The van der Waals surface area contributed by atoms with Crippen LogP contribution in [0.5, 0.6) is 0 Å². The molecule has 6 nitrogen and oxygen atoms in total. The first-order valence-corrected chi connectivity index (χ1v) is 6.84. The molecule has 21 heavy (non-hydrogen) atoms. The van der Waals surface area contributed by atoms with Gasteiger partial charge in [0.15, 0.2) is 0 Å². The lowest BCUT2D eigenvalue weighted by Crippen LogP contribution is -2.38. The molecule has 2 rings (SSSR count). The van der Waals surface area contributed by atoms with Crippen LogP contribution in [-0.2, 0) is 16.0 Å². The average Bonchev–Trinajstić information content (AvgIpc) is 2.76. The maximum atomic E-state index is 12.5. The Morgan fingerprint density at radius 2 is 2.10 bits per heavy atom. The van der Waals surface area contributed by atoms with Gasteiger partial charge in [-0.25, -0.2) is 0 Å². The molecular weight excluding hydrogens is 272 g/mol. The van der Waals surface area contributed by atoms with E-state index in [-0.39, 0.29) is 30.8 Å². The third kappa shape index (κ3) is 3.39. The molecule has 0 unspecified atom stereocenters. The summed E-state index contributed by atoms with van der Waals surface area (Å²) in [7, 11) is 0. The highest BCUT2D eigenvalue weighted by molar-refractivity contribution is 6.02. The summed E-state index contributed by atoms with van der Waals surface area (Å²) < 4.78 is 0. The summed E-state index contributed by atoms with van der Waals surface area (Å²) in [5, 5.41) is 11.5. The van der Waals surface area contributed by atoms with E-state index in [9.17, 15) is 14.4 Å². The summed E-state index contributed by atoms with van der Waals surface area (Å²) in [6.07, 6.45) is 0.238. The number of amides is 2. The lowest BCUT2D eigenvalue weighted by Gasteiger charge is -2.26. The predicted octanol–water partition coefficient (Wildman–Crippen LogP) is 1.51. The van der Waals surface area contributed by atoms with E-state index in [0.29, 0.717) is 17.7 Å². The fraction of sp³-hybridized carbons (Fsp3) is 0.400. The van der Waals surface area contributed by atoms with Crippen LogP contribution in [0.4, 0.5) is 5.69 Å². The van der Waals surface area contributed by atoms with Crippen LogP contribution in [0.3, 0.4) is 0 Å². The molecule has 1 aromatic carbocycles. The van der Waals surface area contributed by atoms with Gasteiger partial charge in [-0.2, -0.15) is 0 Å². The van der Waals surface area contributed by atoms with E-state index in [4.69, 9.17) is 5.11 Å². The Morgan fingerprint density at radius 3 is 2.71 bits per heavy atom. The number of aliphatic carboxylic acids is 1. The van der Waals surface area contributed by atoms with Crippen LogP contribution in [0, 0.1) is 0 Å². The van der Waals surface area contributed by atoms with Crippen molar-refractivity contribution in [3.8, 4) is 0 Å². The highest BCUT2D eigenvalue weighted by Gasteiger charge is 2.23. The van der Waals surface area contributed by atoms with Gasteiger partial charge in [0.2, 0.25) is 5.91 Å². The van der Waals surface area contributed by atoms with Gasteiger partial charge in [-0.3, -0.25) is 14.4 Å². The Kier molecular flexibility index (Phi) is 4.26. The quantitative estimate of drug-likeness (QED) is 0.860. The minimum Gasteiger partial charge on any atom is -0.481 e. The van der Waals surface area contributed by atoms with Crippen molar-refractivity contribution in [1.29, 1.82) is 0 Å². The largest absolute Gasteiger partial charge is 0.481 e. The van der Waals surface area contributed by atoms with Gasteiger partial charge in [0.25, 0.3) is 5.91 Å². The van der Waals surface area contributed by atoms with Crippen LogP contribution >= 0.6 is 0 Å². The van der Waals surface area contributed by atoms with E-state index >= 15 is 0 Å². The minimum absolute atomic E-state index is 0.0822. The lowest BCUT2D eigenvalue weighted by molar-refractivity contribution is -0.137. The van der Waals surface area contributed by atoms with Crippen molar-refractivity contribution >= 4 is 23.5 Å². The molecule has 0 radical (unpaired) electrons. The first-order valence-electron chi connectivity index (χ1n) is 6.84. The standard InChI is InChI=1S/C15H18N2O4/c1-9(2)17(6-5-14(19)20)15(21)11-4-3-10-8-13(18)16-12(10)7-11/h3-4,7,9H,5-6,8H2,1-2H3,(H,16,18)(H,19,20). The maximum absolute atomic E-state index is 12.5. The third-order valence-corrected chi connectivity index (χ3v) is 3.43. The Balaban J connectivity index is 2.19. The normalized spacial score (nSPS) is 13.0. The number of anilines is 1. The van der Waals surface area contributed by atoms with E-state index in [1.807, 2.05) is 13.8 Å². The van der Waals surface area contributed by atoms with Crippen molar-refractivity contribution in [3.63, 3.8) is 0 Å². The Morgan fingerprint density at radius 1 is 1.38 bits per heavy atom. The average molecular weight is 290 g/mol. The van der Waals surface area contributed by atoms with Gasteiger partial charge in [0, 0.05) is 23.8 Å². The summed E-state index contributed by atoms with van der Waals surface area (Å²) in [6.45, 7) is 3.85. The topological polar surface area (TPSA) is 86.7 Å². The summed E-state index contributed by atoms with van der Waals surface area (Å²) in [4.78, 5) is 36.0. The van der Waals surface area contributed by atoms with Crippen molar-refractivity contribution in [1.82, 2.24) is 4.90 Å². The second kappa shape index (κ2) is 5.95. The summed E-state index contributed by atoms with van der Waals surface area (Å²) >= 11 is 0. The molecule has 2 amide bonds. The number of carbonyl (C=O) groups is 3. The van der Waals surface area contributed by atoms with Gasteiger partial charge >= 0.3 is 5.97 Å². The number of carbonyl (C=O) groups excluding carboxylic acids is 2. The number of fused-ring (bicyclic) bond motifs is 1. The molecule has 0 atom stereocenters. The number of hydrogen-bond acceptors (Lipinski definition) is 3. The fourth-order valence-corrected chi connectivity index (χ4v) is 2.32. The third-order valence-electron chi connectivity index (χ3n) is 3.43. The molecule has 0 saturated heterocycles. The summed E-state index contributed by atoms with van der Waals surface area (Å²) in [5.74, 6) is -1.24. The van der Waals surface area contributed by atoms with E-state index in [1.54, 1.807) is 18.2 Å². The molecule has 1 aliphatic heterocycles. The van der Waals surface area contributed by atoms with Crippen molar-refractivity contribution < 1.29 is 19.5 Å². The van der Waals surface area contributed by atoms with Crippen LogP contribution < -0.4 is 5.32 Å². The number of hydrogen-bond donors (Lipinski definition) is 2. The number of carboxylic acid groups (broad SMARTS) is 1. The first-order chi connectivity index (χ1) is 9.88. The minimum atomic E-state index is -0.935. The molecule has 0 aliphatic carbocycles. The molecule has 0 bridgehead atoms. The van der Waals surface area contributed by atoms with Crippen molar-refractivity contribution in [3.05, 3.63) is 29.3 Å². The van der Waals surface area contributed by atoms with E-state index in [0.717, 1.165) is 5.56 Å². The number of nitrogens with zero attached hydrogens (tertiary/aromatic N) is 1. The molecule has 6 heteroatoms. The Labute approximate surface area is 122 Å². The number of carboxylic acids is 1. The molecular formula is C15H18N2O4. The van der Waals surface area contributed by atoms with Crippen molar-refractivity contribution in [2.45, 2.75) is 32.7 Å². The van der Waals surface area contributed by atoms with Crippen molar-refractivity contribution in [2.75, 3.05) is 11.9 Å². The van der Waals surface area contributed by atoms with Gasteiger partial charge < -0.3 is 15.3 Å². The van der Waals surface area contributed by atoms with Gasteiger partial charge in [-0.15, -0.1) is 0 Å². The smallest absolute Gasteiger partial charge is 0.305 e. The molecule has 112 valence electrons. The van der Waals surface area contributed by atoms with Crippen LogP contribution in [0.1, 0.15) is 36.2 Å². The van der Waals surface area contributed by atoms with Gasteiger partial charge in [0.1, 0.15) is 0 Å². The van der Waals surface area contributed by atoms with Crippen LogP contribution in [0.15, 0.2) is 18.2 Å². The van der Waals surface area contributed by atoms with Crippen molar-refractivity contribution in [2.24, 2.45) is 0 Å². The Hall–Kier alpha value is -2.37. The zero-order valence-electron chi connectivity index (χ0n) is 12.0.